The molecule has 2 nitrogen and oxygen atoms in total. The second-order valence-corrected chi connectivity index (χ2v) is 5.13. The lowest BCUT2D eigenvalue weighted by molar-refractivity contribution is 0.956. The van der Waals surface area contributed by atoms with Crippen LogP contribution in [-0.2, 0) is 0 Å². The van der Waals surface area contributed by atoms with Crippen molar-refractivity contribution in [2.24, 2.45) is 0 Å². The van der Waals surface area contributed by atoms with E-state index in [2.05, 4.69) is 31.1 Å². The molecule has 15 heavy (non-hydrogen) atoms. The number of hydrogen-bond donors (Lipinski definition) is 0. The van der Waals surface area contributed by atoms with Gasteiger partial charge < -0.3 is 4.90 Å². The summed E-state index contributed by atoms with van der Waals surface area (Å²) in [4.78, 5) is 6.85. The smallest absolute Gasteiger partial charge is 0.128 e. The van der Waals surface area contributed by atoms with Crippen LogP contribution in [0.3, 0.4) is 0 Å². The zero-order valence-corrected chi connectivity index (χ0v) is 9.53. The van der Waals surface area contributed by atoms with Crippen LogP contribution in [0.15, 0.2) is 12.1 Å². The highest BCUT2D eigenvalue weighted by molar-refractivity contribution is 5.44. The van der Waals surface area contributed by atoms with Gasteiger partial charge in [0.05, 0.1) is 0 Å². The highest BCUT2D eigenvalue weighted by Crippen LogP contribution is 2.45. The van der Waals surface area contributed by atoms with Gasteiger partial charge in [0.25, 0.3) is 0 Å². The van der Waals surface area contributed by atoms with Crippen LogP contribution >= 0.6 is 0 Å². The molecule has 2 heteroatoms. The van der Waals surface area contributed by atoms with Crippen LogP contribution in [0.4, 0.5) is 5.82 Å². The van der Waals surface area contributed by atoms with E-state index in [1.807, 2.05) is 0 Å². The van der Waals surface area contributed by atoms with Crippen molar-refractivity contribution >= 4 is 5.82 Å². The summed E-state index contributed by atoms with van der Waals surface area (Å²) in [5.41, 5.74) is 2.86. The number of anilines is 1. The maximum Gasteiger partial charge on any atom is 0.128 e. The Morgan fingerprint density at radius 1 is 1.07 bits per heavy atom. The van der Waals surface area contributed by atoms with Gasteiger partial charge in [-0.1, -0.05) is 0 Å². The number of hydrogen-bond acceptors (Lipinski definition) is 2. The third kappa shape index (κ3) is 1.85. The molecule has 2 aliphatic rings. The average molecular weight is 202 g/mol. The second-order valence-electron chi connectivity index (χ2n) is 5.13. The summed E-state index contributed by atoms with van der Waals surface area (Å²) < 4.78 is 0. The standard InChI is InChI=1S/C13H18N2/c1-15(2)13-8-11(9-3-4-9)7-12(14-13)10-5-6-10/h7-10H,3-6H2,1-2H3. The van der Waals surface area contributed by atoms with Gasteiger partial charge in [0, 0.05) is 25.7 Å². The van der Waals surface area contributed by atoms with E-state index in [-0.39, 0.29) is 0 Å². The van der Waals surface area contributed by atoms with E-state index < -0.39 is 0 Å². The Morgan fingerprint density at radius 2 is 1.73 bits per heavy atom. The van der Waals surface area contributed by atoms with E-state index in [9.17, 15) is 0 Å². The van der Waals surface area contributed by atoms with Gasteiger partial charge >= 0.3 is 0 Å². The van der Waals surface area contributed by atoms with Crippen LogP contribution in [0.2, 0.25) is 0 Å². The molecule has 0 bridgehead atoms. The van der Waals surface area contributed by atoms with Gasteiger partial charge in [0.2, 0.25) is 0 Å². The number of aromatic nitrogens is 1. The molecule has 80 valence electrons. The number of pyridine rings is 1. The summed E-state index contributed by atoms with van der Waals surface area (Å²) in [5.74, 6) is 2.74. The van der Waals surface area contributed by atoms with Crippen molar-refractivity contribution in [2.45, 2.75) is 37.5 Å². The van der Waals surface area contributed by atoms with E-state index in [0.717, 1.165) is 17.7 Å². The highest BCUT2D eigenvalue weighted by Gasteiger charge is 2.29. The van der Waals surface area contributed by atoms with Crippen molar-refractivity contribution in [1.29, 1.82) is 0 Å². The van der Waals surface area contributed by atoms with Crippen LogP contribution in [-0.4, -0.2) is 19.1 Å². The maximum absolute atomic E-state index is 4.73. The van der Waals surface area contributed by atoms with Crippen LogP contribution in [0, 0.1) is 0 Å². The average Bonchev–Trinajstić information content (AvgIpc) is 3.06. The fourth-order valence-corrected chi connectivity index (χ4v) is 2.03. The minimum absolute atomic E-state index is 0.766. The first-order valence-electron chi connectivity index (χ1n) is 5.93. The Labute approximate surface area is 91.3 Å². The topological polar surface area (TPSA) is 16.1 Å². The Morgan fingerprint density at radius 3 is 2.27 bits per heavy atom. The molecule has 0 spiro atoms. The normalized spacial score (nSPS) is 20.4. The van der Waals surface area contributed by atoms with E-state index in [1.165, 1.54) is 36.9 Å². The monoisotopic (exact) mass is 202 g/mol. The molecule has 2 aliphatic carbocycles. The van der Waals surface area contributed by atoms with Crippen LogP contribution in [0.1, 0.15) is 48.8 Å². The summed E-state index contributed by atoms with van der Waals surface area (Å²) in [7, 11) is 4.16. The Hall–Kier alpha value is -1.05. The van der Waals surface area contributed by atoms with Crippen LogP contribution in [0.5, 0.6) is 0 Å². The molecule has 2 saturated carbocycles. The molecule has 0 radical (unpaired) electrons. The Kier molecular flexibility index (Phi) is 1.98. The molecular weight excluding hydrogens is 184 g/mol. The first-order valence-corrected chi connectivity index (χ1v) is 5.93. The van der Waals surface area contributed by atoms with Crippen molar-refractivity contribution < 1.29 is 0 Å². The predicted molar refractivity (Wildman–Crippen MR) is 62.5 cm³/mol. The molecular formula is C13H18N2. The Balaban J connectivity index is 1.99. The van der Waals surface area contributed by atoms with Gasteiger partial charge in [0.1, 0.15) is 5.82 Å². The zero-order chi connectivity index (χ0) is 10.4. The maximum atomic E-state index is 4.73. The van der Waals surface area contributed by atoms with Crippen molar-refractivity contribution in [2.75, 3.05) is 19.0 Å². The summed E-state index contributed by atoms with van der Waals surface area (Å²) >= 11 is 0. The minimum Gasteiger partial charge on any atom is -0.363 e. The predicted octanol–water partition coefficient (Wildman–Crippen LogP) is 2.90. The fourth-order valence-electron chi connectivity index (χ4n) is 2.03. The summed E-state index contributed by atoms with van der Waals surface area (Å²) in [6.45, 7) is 0. The van der Waals surface area contributed by atoms with E-state index in [0.29, 0.717) is 0 Å². The minimum atomic E-state index is 0.766. The molecule has 0 aliphatic heterocycles. The molecule has 0 N–H and O–H groups in total. The lowest BCUT2D eigenvalue weighted by atomic mass is 10.1. The molecule has 3 rings (SSSR count). The molecule has 2 fully saturated rings. The molecule has 0 unspecified atom stereocenters. The molecule has 1 heterocycles. The third-order valence-corrected chi connectivity index (χ3v) is 3.36. The van der Waals surface area contributed by atoms with Gasteiger partial charge in [-0.2, -0.15) is 0 Å². The fraction of sp³-hybridized carbons (Fsp3) is 0.615. The van der Waals surface area contributed by atoms with Gasteiger partial charge in [-0.05, 0) is 49.3 Å². The van der Waals surface area contributed by atoms with Crippen molar-refractivity contribution in [3.05, 3.63) is 23.4 Å². The van der Waals surface area contributed by atoms with Crippen LogP contribution in [0.25, 0.3) is 0 Å². The Bertz CT molecular complexity index is 316. The summed E-state index contributed by atoms with van der Waals surface area (Å²) in [5, 5.41) is 0. The van der Waals surface area contributed by atoms with Gasteiger partial charge in [0.15, 0.2) is 0 Å². The molecule has 0 atom stereocenters. The lowest BCUT2D eigenvalue weighted by Crippen LogP contribution is -2.12. The first-order chi connectivity index (χ1) is 7.24. The highest BCUT2D eigenvalue weighted by atomic mass is 15.1. The largest absolute Gasteiger partial charge is 0.363 e. The lowest BCUT2D eigenvalue weighted by Gasteiger charge is -2.14. The number of rotatable bonds is 3. The summed E-state index contributed by atoms with van der Waals surface area (Å²) in [6, 6.07) is 4.62. The van der Waals surface area contributed by atoms with Crippen LogP contribution < -0.4 is 4.90 Å². The molecule has 0 saturated heterocycles. The molecule has 1 aromatic rings. The van der Waals surface area contributed by atoms with E-state index in [1.54, 1.807) is 0 Å². The molecule has 0 amide bonds. The SMILES string of the molecule is CN(C)c1cc(C2CC2)cc(C2CC2)n1. The summed E-state index contributed by atoms with van der Waals surface area (Å²) in [6.07, 6.45) is 5.43. The molecule has 1 aromatic heterocycles. The molecule has 0 aromatic carbocycles. The van der Waals surface area contributed by atoms with Crippen molar-refractivity contribution in [3.8, 4) is 0 Å². The van der Waals surface area contributed by atoms with Gasteiger partial charge in [-0.25, -0.2) is 4.98 Å². The van der Waals surface area contributed by atoms with Gasteiger partial charge in [-0.15, -0.1) is 0 Å². The second kappa shape index (κ2) is 3.22. The first kappa shape index (κ1) is 9.20. The van der Waals surface area contributed by atoms with Crippen molar-refractivity contribution in [3.63, 3.8) is 0 Å². The zero-order valence-electron chi connectivity index (χ0n) is 9.53. The van der Waals surface area contributed by atoms with Gasteiger partial charge in [-0.3, -0.25) is 0 Å². The number of nitrogens with zero attached hydrogens (tertiary/aromatic N) is 2. The quantitative estimate of drug-likeness (QED) is 0.749. The van der Waals surface area contributed by atoms with Crippen molar-refractivity contribution in [1.82, 2.24) is 4.98 Å². The van der Waals surface area contributed by atoms with E-state index >= 15 is 0 Å². The van der Waals surface area contributed by atoms with E-state index in [4.69, 9.17) is 4.98 Å². The third-order valence-electron chi connectivity index (χ3n) is 3.36.